The zero-order valence-electron chi connectivity index (χ0n) is 14.8. The normalized spacial score (nSPS) is 18.0. The molecule has 1 aliphatic rings. The van der Waals surface area contributed by atoms with Gasteiger partial charge in [-0.15, -0.1) is 0 Å². The summed E-state index contributed by atoms with van der Waals surface area (Å²) in [5.41, 5.74) is 0.878. The minimum absolute atomic E-state index is 0.366. The average molecular weight is 364 g/mol. The van der Waals surface area contributed by atoms with E-state index in [1.165, 1.54) is 19.3 Å². The van der Waals surface area contributed by atoms with Gasteiger partial charge in [0.1, 0.15) is 0 Å². The number of halogens is 1. The summed E-state index contributed by atoms with van der Waals surface area (Å²) in [6.07, 6.45) is 5.88. The van der Waals surface area contributed by atoms with Gasteiger partial charge in [-0.05, 0) is 44.4 Å². The maximum atomic E-state index is 6.03. The molecule has 1 fully saturated rings. The SMILES string of the molecule is CCCN(CCc1nc(-c2cccc(Cl)c2)no1)CC1CCCCO1. The van der Waals surface area contributed by atoms with E-state index in [0.717, 1.165) is 44.6 Å². The first-order chi connectivity index (χ1) is 12.2. The molecule has 1 aromatic carbocycles. The van der Waals surface area contributed by atoms with Crippen molar-refractivity contribution in [3.8, 4) is 11.4 Å². The molecule has 0 radical (unpaired) electrons. The molecule has 6 heteroatoms. The van der Waals surface area contributed by atoms with Crippen LogP contribution in [-0.2, 0) is 11.2 Å². The van der Waals surface area contributed by atoms with Crippen LogP contribution in [0.15, 0.2) is 28.8 Å². The number of hydrogen-bond donors (Lipinski definition) is 0. The van der Waals surface area contributed by atoms with E-state index >= 15 is 0 Å². The number of benzene rings is 1. The summed E-state index contributed by atoms with van der Waals surface area (Å²) in [6, 6.07) is 7.51. The van der Waals surface area contributed by atoms with E-state index in [2.05, 4.69) is 22.0 Å². The topological polar surface area (TPSA) is 51.4 Å². The monoisotopic (exact) mass is 363 g/mol. The second-order valence-electron chi connectivity index (χ2n) is 6.56. The lowest BCUT2D eigenvalue weighted by atomic mass is 10.1. The van der Waals surface area contributed by atoms with Gasteiger partial charge in [-0.1, -0.05) is 35.8 Å². The molecular formula is C19H26ClN3O2. The first-order valence-electron chi connectivity index (χ1n) is 9.17. The van der Waals surface area contributed by atoms with E-state index in [9.17, 15) is 0 Å². The van der Waals surface area contributed by atoms with Crippen LogP contribution in [0.3, 0.4) is 0 Å². The molecule has 0 amide bonds. The minimum Gasteiger partial charge on any atom is -0.377 e. The Morgan fingerprint density at radius 2 is 2.20 bits per heavy atom. The second-order valence-corrected chi connectivity index (χ2v) is 7.00. The van der Waals surface area contributed by atoms with Crippen LogP contribution in [0.4, 0.5) is 0 Å². The number of aromatic nitrogens is 2. The molecule has 2 heterocycles. The van der Waals surface area contributed by atoms with Gasteiger partial charge in [0.25, 0.3) is 0 Å². The molecule has 136 valence electrons. The molecule has 0 bridgehead atoms. The summed E-state index contributed by atoms with van der Waals surface area (Å²) >= 11 is 6.03. The molecule has 1 unspecified atom stereocenters. The van der Waals surface area contributed by atoms with E-state index in [1.807, 2.05) is 24.3 Å². The van der Waals surface area contributed by atoms with Gasteiger partial charge in [0.15, 0.2) is 0 Å². The van der Waals surface area contributed by atoms with E-state index in [4.69, 9.17) is 20.9 Å². The maximum absolute atomic E-state index is 6.03. The molecule has 1 aromatic heterocycles. The van der Waals surface area contributed by atoms with Gasteiger partial charge in [-0.2, -0.15) is 4.98 Å². The molecular weight excluding hydrogens is 338 g/mol. The van der Waals surface area contributed by atoms with Crippen LogP contribution in [0.2, 0.25) is 5.02 Å². The van der Waals surface area contributed by atoms with Gasteiger partial charge in [-0.3, -0.25) is 0 Å². The Hall–Kier alpha value is -1.43. The molecule has 0 saturated carbocycles. The Morgan fingerprint density at radius 3 is 2.96 bits per heavy atom. The third kappa shape index (κ3) is 5.53. The minimum atomic E-state index is 0.366. The Bertz CT molecular complexity index is 656. The zero-order valence-corrected chi connectivity index (χ0v) is 15.5. The van der Waals surface area contributed by atoms with Crippen LogP contribution in [-0.4, -0.2) is 47.4 Å². The standard InChI is InChI=1S/C19H26ClN3O2/c1-2-10-23(14-17-8-3-4-12-24-17)11-9-18-21-19(22-25-18)15-6-5-7-16(20)13-15/h5-7,13,17H,2-4,8-12,14H2,1H3. The van der Waals surface area contributed by atoms with Crippen LogP contribution in [0.1, 0.15) is 38.5 Å². The number of rotatable bonds is 8. The van der Waals surface area contributed by atoms with Gasteiger partial charge < -0.3 is 14.2 Å². The molecule has 0 aliphatic carbocycles. The summed E-state index contributed by atoms with van der Waals surface area (Å²) < 4.78 is 11.3. The highest BCUT2D eigenvalue weighted by atomic mass is 35.5. The predicted octanol–water partition coefficient (Wildman–Crippen LogP) is 4.21. The Balaban J connectivity index is 1.55. The number of hydrogen-bond acceptors (Lipinski definition) is 5. The lowest BCUT2D eigenvalue weighted by molar-refractivity contribution is -0.00577. The summed E-state index contributed by atoms with van der Waals surface area (Å²) in [5, 5.41) is 4.75. The van der Waals surface area contributed by atoms with Gasteiger partial charge in [0, 0.05) is 36.7 Å². The Morgan fingerprint density at radius 1 is 1.28 bits per heavy atom. The largest absolute Gasteiger partial charge is 0.377 e. The van der Waals surface area contributed by atoms with Crippen molar-refractivity contribution in [3.63, 3.8) is 0 Å². The number of nitrogens with zero attached hydrogens (tertiary/aromatic N) is 3. The molecule has 25 heavy (non-hydrogen) atoms. The highest BCUT2D eigenvalue weighted by Crippen LogP contribution is 2.20. The fourth-order valence-corrected chi connectivity index (χ4v) is 3.40. The highest BCUT2D eigenvalue weighted by molar-refractivity contribution is 6.30. The molecule has 0 N–H and O–H groups in total. The molecule has 1 saturated heterocycles. The Kier molecular flexibility index (Phi) is 6.84. The van der Waals surface area contributed by atoms with E-state index < -0.39 is 0 Å². The summed E-state index contributed by atoms with van der Waals surface area (Å²) in [4.78, 5) is 6.95. The maximum Gasteiger partial charge on any atom is 0.228 e. The molecule has 1 aliphatic heterocycles. The zero-order chi connectivity index (χ0) is 17.5. The predicted molar refractivity (Wildman–Crippen MR) is 98.8 cm³/mol. The third-order valence-electron chi connectivity index (χ3n) is 4.47. The first-order valence-corrected chi connectivity index (χ1v) is 9.55. The fourth-order valence-electron chi connectivity index (χ4n) is 3.20. The Labute approximate surface area is 154 Å². The van der Waals surface area contributed by atoms with Crippen molar-refractivity contribution in [1.29, 1.82) is 0 Å². The van der Waals surface area contributed by atoms with Crippen molar-refractivity contribution >= 4 is 11.6 Å². The second kappa shape index (κ2) is 9.32. The van der Waals surface area contributed by atoms with Crippen LogP contribution in [0.5, 0.6) is 0 Å². The van der Waals surface area contributed by atoms with Crippen LogP contribution < -0.4 is 0 Å². The van der Waals surface area contributed by atoms with Crippen molar-refractivity contribution < 1.29 is 9.26 Å². The summed E-state index contributed by atoms with van der Waals surface area (Å²) in [6.45, 7) is 6.07. The average Bonchev–Trinajstić information content (AvgIpc) is 3.10. The van der Waals surface area contributed by atoms with Crippen molar-refractivity contribution in [2.45, 2.75) is 45.1 Å². The molecule has 3 rings (SSSR count). The van der Waals surface area contributed by atoms with Gasteiger partial charge in [0.05, 0.1) is 6.10 Å². The molecule has 0 spiro atoms. The van der Waals surface area contributed by atoms with Crippen LogP contribution in [0, 0.1) is 0 Å². The molecule has 1 atom stereocenters. The van der Waals surface area contributed by atoms with E-state index in [-0.39, 0.29) is 0 Å². The van der Waals surface area contributed by atoms with Gasteiger partial charge in [-0.25, -0.2) is 0 Å². The molecule has 2 aromatic rings. The smallest absolute Gasteiger partial charge is 0.228 e. The van der Waals surface area contributed by atoms with E-state index in [0.29, 0.717) is 22.8 Å². The van der Waals surface area contributed by atoms with Crippen LogP contribution >= 0.6 is 11.6 Å². The lowest BCUT2D eigenvalue weighted by Gasteiger charge is -2.29. The first kappa shape index (κ1) is 18.4. The van der Waals surface area contributed by atoms with Crippen molar-refractivity contribution in [2.24, 2.45) is 0 Å². The summed E-state index contributed by atoms with van der Waals surface area (Å²) in [7, 11) is 0. The fraction of sp³-hybridized carbons (Fsp3) is 0.579. The lowest BCUT2D eigenvalue weighted by Crippen LogP contribution is -2.37. The van der Waals surface area contributed by atoms with Crippen molar-refractivity contribution in [3.05, 3.63) is 35.2 Å². The van der Waals surface area contributed by atoms with Gasteiger partial charge in [0.2, 0.25) is 11.7 Å². The van der Waals surface area contributed by atoms with E-state index in [1.54, 1.807) is 0 Å². The summed E-state index contributed by atoms with van der Waals surface area (Å²) in [5.74, 6) is 1.26. The van der Waals surface area contributed by atoms with Gasteiger partial charge >= 0.3 is 0 Å². The quantitative estimate of drug-likeness (QED) is 0.703. The van der Waals surface area contributed by atoms with Crippen LogP contribution in [0.25, 0.3) is 11.4 Å². The van der Waals surface area contributed by atoms with Crippen molar-refractivity contribution in [1.82, 2.24) is 15.0 Å². The third-order valence-corrected chi connectivity index (χ3v) is 4.70. The highest BCUT2D eigenvalue weighted by Gasteiger charge is 2.18. The molecule has 5 nitrogen and oxygen atoms in total. The number of ether oxygens (including phenoxy) is 1. The van der Waals surface area contributed by atoms with Crippen molar-refractivity contribution in [2.75, 3.05) is 26.2 Å².